The van der Waals surface area contributed by atoms with Gasteiger partial charge in [-0.15, -0.1) is 0 Å². The second-order valence-corrected chi connectivity index (χ2v) is 5.96. The lowest BCUT2D eigenvalue weighted by molar-refractivity contribution is 0.292. The Labute approximate surface area is 151 Å². The minimum absolute atomic E-state index is 0.0930. The molecular formula is C22H40N2. The number of benzene rings is 1. The molecule has 24 heavy (non-hydrogen) atoms. The van der Waals surface area contributed by atoms with E-state index in [-0.39, 0.29) is 5.41 Å². The van der Waals surface area contributed by atoms with Crippen LogP contribution in [0.1, 0.15) is 72.9 Å². The van der Waals surface area contributed by atoms with E-state index < -0.39 is 0 Å². The predicted octanol–water partition coefficient (Wildman–Crippen LogP) is 6.64. The number of rotatable bonds is 4. The van der Waals surface area contributed by atoms with Crippen molar-refractivity contribution in [3.63, 3.8) is 0 Å². The Morgan fingerprint density at radius 1 is 1.17 bits per heavy atom. The van der Waals surface area contributed by atoms with Gasteiger partial charge < -0.3 is 5.73 Å². The fourth-order valence-corrected chi connectivity index (χ4v) is 1.54. The molecule has 0 aliphatic heterocycles. The van der Waals surface area contributed by atoms with Gasteiger partial charge in [-0.25, -0.2) is 0 Å². The first-order valence-electron chi connectivity index (χ1n) is 9.04. The molecule has 0 aliphatic carbocycles. The minimum atomic E-state index is 0.0930. The highest BCUT2D eigenvalue weighted by molar-refractivity contribution is 5.20. The number of aryl methyl sites for hydroxylation is 1. The zero-order valence-electron chi connectivity index (χ0n) is 17.5. The van der Waals surface area contributed by atoms with Crippen molar-refractivity contribution in [3.8, 4) is 6.07 Å². The molecule has 0 bridgehead atoms. The van der Waals surface area contributed by atoms with Crippen molar-refractivity contribution in [1.29, 1.82) is 5.26 Å². The standard InChI is InChI=1S/C10H17N.C8H11N.2C2H6/c1-8(2)10(4,5)9(3)6-7-11;1-7-2-4-8(6-9)5-3-7;2*1-2/h9H,1,6H2,2-5H3;2-5H,6,9H2,1H3;2*1-2H3. The maximum atomic E-state index is 8.50. The van der Waals surface area contributed by atoms with Gasteiger partial charge in [-0.05, 0) is 30.7 Å². The summed E-state index contributed by atoms with van der Waals surface area (Å²) in [6.07, 6.45) is 0.611. The highest BCUT2D eigenvalue weighted by Gasteiger charge is 2.25. The van der Waals surface area contributed by atoms with Gasteiger partial charge in [0, 0.05) is 13.0 Å². The Morgan fingerprint density at radius 2 is 1.58 bits per heavy atom. The van der Waals surface area contributed by atoms with Crippen LogP contribution in [0.2, 0.25) is 0 Å². The van der Waals surface area contributed by atoms with E-state index in [9.17, 15) is 0 Å². The predicted molar refractivity (Wildman–Crippen MR) is 110 cm³/mol. The topological polar surface area (TPSA) is 49.8 Å². The van der Waals surface area contributed by atoms with Crippen molar-refractivity contribution >= 4 is 0 Å². The van der Waals surface area contributed by atoms with Crippen LogP contribution >= 0.6 is 0 Å². The Kier molecular flexibility index (Phi) is 18.5. The van der Waals surface area contributed by atoms with Crippen LogP contribution in [0.4, 0.5) is 0 Å². The van der Waals surface area contributed by atoms with Crippen LogP contribution in [0.5, 0.6) is 0 Å². The number of nitriles is 1. The third-order valence-electron chi connectivity index (χ3n) is 4.09. The van der Waals surface area contributed by atoms with Gasteiger partial charge in [0.1, 0.15) is 0 Å². The summed E-state index contributed by atoms with van der Waals surface area (Å²) in [5, 5.41) is 8.50. The molecule has 0 fully saturated rings. The molecule has 1 unspecified atom stereocenters. The lowest BCUT2D eigenvalue weighted by Crippen LogP contribution is -2.22. The van der Waals surface area contributed by atoms with Crippen molar-refractivity contribution in [2.75, 3.05) is 0 Å². The van der Waals surface area contributed by atoms with Crippen molar-refractivity contribution in [1.82, 2.24) is 0 Å². The quantitative estimate of drug-likeness (QED) is 0.628. The number of nitrogens with zero attached hydrogens (tertiary/aromatic N) is 1. The van der Waals surface area contributed by atoms with Gasteiger partial charge in [0.15, 0.2) is 0 Å². The summed E-state index contributed by atoms with van der Waals surface area (Å²) in [5.41, 5.74) is 9.13. The van der Waals surface area contributed by atoms with Crippen molar-refractivity contribution in [3.05, 3.63) is 47.5 Å². The van der Waals surface area contributed by atoms with E-state index in [1.54, 1.807) is 0 Å². The summed E-state index contributed by atoms with van der Waals surface area (Å²) in [6.45, 7) is 23.0. The average Bonchev–Trinajstić information content (AvgIpc) is 2.60. The Hall–Kier alpha value is -1.59. The molecule has 0 spiro atoms. The smallest absolute Gasteiger partial charge is 0.0624 e. The molecule has 1 atom stereocenters. The SMILES string of the molecule is C=C(C)C(C)(C)C(C)CC#N.CC.CC.Cc1ccc(CN)cc1. The van der Waals surface area contributed by atoms with Crippen molar-refractivity contribution in [2.45, 2.75) is 75.3 Å². The maximum Gasteiger partial charge on any atom is 0.0624 e. The molecule has 2 nitrogen and oxygen atoms in total. The van der Waals surface area contributed by atoms with E-state index >= 15 is 0 Å². The van der Waals surface area contributed by atoms with E-state index in [0.29, 0.717) is 18.9 Å². The van der Waals surface area contributed by atoms with E-state index in [1.807, 2.05) is 34.6 Å². The molecule has 0 aliphatic rings. The van der Waals surface area contributed by atoms with E-state index in [4.69, 9.17) is 11.0 Å². The fraction of sp³-hybridized carbons (Fsp3) is 0.591. The first-order valence-corrected chi connectivity index (χ1v) is 9.04. The first kappa shape index (κ1) is 27.3. The summed E-state index contributed by atoms with van der Waals surface area (Å²) in [7, 11) is 0. The second-order valence-electron chi connectivity index (χ2n) is 5.96. The van der Waals surface area contributed by atoms with E-state index in [0.717, 1.165) is 5.57 Å². The monoisotopic (exact) mass is 332 g/mol. The van der Waals surface area contributed by atoms with Gasteiger partial charge in [0.25, 0.3) is 0 Å². The highest BCUT2D eigenvalue weighted by atomic mass is 14.5. The van der Waals surface area contributed by atoms with Gasteiger partial charge >= 0.3 is 0 Å². The summed E-state index contributed by atoms with van der Waals surface area (Å²) < 4.78 is 0. The van der Waals surface area contributed by atoms with Gasteiger partial charge in [-0.3, -0.25) is 0 Å². The molecular weight excluding hydrogens is 292 g/mol. The molecule has 2 heteroatoms. The van der Waals surface area contributed by atoms with Crippen LogP contribution < -0.4 is 5.73 Å². The molecule has 0 saturated carbocycles. The molecule has 1 aromatic rings. The minimum Gasteiger partial charge on any atom is -0.326 e. The normalized spacial score (nSPS) is 10.4. The third kappa shape index (κ3) is 11.9. The van der Waals surface area contributed by atoms with Gasteiger partial charge in [0.05, 0.1) is 6.07 Å². The van der Waals surface area contributed by atoms with Crippen molar-refractivity contribution < 1.29 is 0 Å². The molecule has 138 valence electrons. The van der Waals surface area contributed by atoms with E-state index in [2.05, 4.69) is 64.6 Å². The highest BCUT2D eigenvalue weighted by Crippen LogP contribution is 2.35. The zero-order chi connectivity index (χ0) is 19.8. The number of allylic oxidation sites excluding steroid dienone is 1. The van der Waals surface area contributed by atoms with Crippen LogP contribution in [0.15, 0.2) is 36.4 Å². The molecule has 0 radical (unpaired) electrons. The Balaban J connectivity index is -0.000000307. The van der Waals surface area contributed by atoms with Crippen LogP contribution in [0.3, 0.4) is 0 Å². The van der Waals surface area contributed by atoms with E-state index in [1.165, 1.54) is 11.1 Å². The van der Waals surface area contributed by atoms with Crippen molar-refractivity contribution in [2.24, 2.45) is 17.1 Å². The molecule has 0 heterocycles. The lowest BCUT2D eigenvalue weighted by atomic mass is 9.74. The van der Waals surface area contributed by atoms with Gasteiger partial charge in [-0.2, -0.15) is 5.26 Å². The number of hydrogen-bond acceptors (Lipinski definition) is 2. The Morgan fingerprint density at radius 3 is 1.88 bits per heavy atom. The van der Waals surface area contributed by atoms with Gasteiger partial charge in [-0.1, -0.05) is 90.4 Å². The first-order chi connectivity index (χ1) is 11.3. The Bertz CT molecular complexity index is 450. The number of nitrogens with two attached hydrogens (primary N) is 1. The average molecular weight is 333 g/mol. The molecule has 1 aromatic carbocycles. The van der Waals surface area contributed by atoms with Gasteiger partial charge in [0.2, 0.25) is 0 Å². The van der Waals surface area contributed by atoms with Crippen LogP contribution in [-0.2, 0) is 6.54 Å². The van der Waals surface area contributed by atoms with Crippen LogP contribution in [-0.4, -0.2) is 0 Å². The molecule has 2 N–H and O–H groups in total. The molecule has 0 aromatic heterocycles. The molecule has 0 saturated heterocycles. The van der Waals surface area contributed by atoms with Crippen LogP contribution in [0, 0.1) is 29.6 Å². The number of hydrogen-bond donors (Lipinski definition) is 1. The summed E-state index contributed by atoms with van der Waals surface area (Å²) >= 11 is 0. The fourth-order valence-electron chi connectivity index (χ4n) is 1.54. The molecule has 1 rings (SSSR count). The second kappa shape index (κ2) is 16.3. The summed E-state index contributed by atoms with van der Waals surface area (Å²) in [6, 6.07) is 10.4. The third-order valence-corrected chi connectivity index (χ3v) is 4.09. The summed E-state index contributed by atoms with van der Waals surface area (Å²) in [5.74, 6) is 0.394. The summed E-state index contributed by atoms with van der Waals surface area (Å²) in [4.78, 5) is 0. The van der Waals surface area contributed by atoms with Crippen LogP contribution in [0.25, 0.3) is 0 Å². The lowest BCUT2D eigenvalue weighted by Gasteiger charge is -2.30. The molecule has 0 amide bonds. The largest absolute Gasteiger partial charge is 0.326 e. The maximum absolute atomic E-state index is 8.50. The zero-order valence-corrected chi connectivity index (χ0v) is 17.5.